The summed E-state index contributed by atoms with van der Waals surface area (Å²) in [5, 5.41) is 5.90. The largest absolute Gasteiger partial charge is 0.353 e. The van der Waals surface area contributed by atoms with Crippen molar-refractivity contribution < 1.29 is 9.59 Å². The smallest absolute Gasteiger partial charge is 0.220 e. The maximum absolute atomic E-state index is 11.9. The summed E-state index contributed by atoms with van der Waals surface area (Å²) in [5.74, 6) is -0.0729. The number of hydrogen-bond donors (Lipinski definition) is 2. The zero-order valence-electron chi connectivity index (χ0n) is 13.6. The van der Waals surface area contributed by atoms with Crippen molar-refractivity contribution in [2.24, 2.45) is 0 Å². The second kappa shape index (κ2) is 7.97. The van der Waals surface area contributed by atoms with Gasteiger partial charge in [0.1, 0.15) is 0 Å². The Morgan fingerprint density at radius 2 is 1.77 bits per heavy atom. The van der Waals surface area contributed by atoms with E-state index in [-0.39, 0.29) is 24.7 Å². The van der Waals surface area contributed by atoms with Gasteiger partial charge in [0.2, 0.25) is 11.8 Å². The van der Waals surface area contributed by atoms with Gasteiger partial charge < -0.3 is 10.6 Å². The van der Waals surface area contributed by atoms with E-state index in [0.717, 1.165) is 18.4 Å². The first-order valence-corrected chi connectivity index (χ1v) is 8.17. The van der Waals surface area contributed by atoms with Gasteiger partial charge in [0.15, 0.2) is 0 Å². The van der Waals surface area contributed by atoms with Crippen molar-refractivity contribution in [2.75, 3.05) is 0 Å². The molecule has 2 amide bonds. The maximum Gasteiger partial charge on any atom is 0.220 e. The molecule has 1 fully saturated rings. The minimum Gasteiger partial charge on any atom is -0.353 e. The van der Waals surface area contributed by atoms with E-state index in [2.05, 4.69) is 28.8 Å². The number of carbonyl (C=O) groups excluding carboxylic acids is 2. The lowest BCUT2D eigenvalue weighted by Crippen LogP contribution is -2.33. The van der Waals surface area contributed by atoms with Gasteiger partial charge in [-0.2, -0.15) is 0 Å². The Labute approximate surface area is 132 Å². The summed E-state index contributed by atoms with van der Waals surface area (Å²) in [6.07, 6.45) is 5.07. The number of aryl methyl sites for hydroxylation is 2. The van der Waals surface area contributed by atoms with Crippen LogP contribution in [0.2, 0.25) is 0 Å². The molecule has 2 rings (SSSR count). The molecule has 4 heteroatoms. The highest BCUT2D eigenvalue weighted by molar-refractivity contribution is 5.83. The molecule has 0 atom stereocenters. The SMILES string of the molecule is Cc1ccc(C)c(CNC(=O)CCC(=O)NC2CCCC2)c1. The van der Waals surface area contributed by atoms with Crippen LogP contribution in [0.4, 0.5) is 0 Å². The van der Waals surface area contributed by atoms with E-state index in [4.69, 9.17) is 0 Å². The number of benzene rings is 1. The number of nitrogens with one attached hydrogen (secondary N) is 2. The Bertz CT molecular complexity index is 534. The van der Waals surface area contributed by atoms with Crippen LogP contribution >= 0.6 is 0 Å². The van der Waals surface area contributed by atoms with Gasteiger partial charge in [-0.25, -0.2) is 0 Å². The molecule has 4 nitrogen and oxygen atoms in total. The maximum atomic E-state index is 11.9. The Morgan fingerprint density at radius 1 is 1.09 bits per heavy atom. The number of carbonyl (C=O) groups is 2. The summed E-state index contributed by atoms with van der Waals surface area (Å²) < 4.78 is 0. The number of hydrogen-bond acceptors (Lipinski definition) is 2. The van der Waals surface area contributed by atoms with Crippen LogP contribution in [0, 0.1) is 13.8 Å². The van der Waals surface area contributed by atoms with Gasteiger partial charge in [-0.3, -0.25) is 9.59 Å². The lowest BCUT2D eigenvalue weighted by molar-refractivity contribution is -0.126. The average molecular weight is 302 g/mol. The molecule has 0 bridgehead atoms. The third-order valence-electron chi connectivity index (χ3n) is 4.28. The first kappa shape index (κ1) is 16.5. The van der Waals surface area contributed by atoms with Gasteiger partial charge in [0.25, 0.3) is 0 Å². The number of rotatable bonds is 6. The highest BCUT2D eigenvalue weighted by Crippen LogP contribution is 2.17. The van der Waals surface area contributed by atoms with Crippen LogP contribution in [0.1, 0.15) is 55.2 Å². The van der Waals surface area contributed by atoms with Crippen molar-refractivity contribution >= 4 is 11.8 Å². The normalized spacial score (nSPS) is 14.8. The molecule has 0 saturated heterocycles. The summed E-state index contributed by atoms with van der Waals surface area (Å²) in [6, 6.07) is 6.54. The monoisotopic (exact) mass is 302 g/mol. The summed E-state index contributed by atoms with van der Waals surface area (Å²) >= 11 is 0. The Kier molecular flexibility index (Phi) is 5.99. The van der Waals surface area contributed by atoms with Gasteiger partial charge in [-0.1, -0.05) is 36.6 Å². The predicted octanol–water partition coefficient (Wildman–Crippen LogP) is 2.76. The highest BCUT2D eigenvalue weighted by Gasteiger charge is 2.17. The zero-order chi connectivity index (χ0) is 15.9. The van der Waals surface area contributed by atoms with Crippen molar-refractivity contribution in [3.8, 4) is 0 Å². The Hall–Kier alpha value is -1.84. The zero-order valence-corrected chi connectivity index (χ0v) is 13.6. The second-order valence-electron chi connectivity index (χ2n) is 6.26. The summed E-state index contributed by atoms with van der Waals surface area (Å²) in [6.45, 7) is 4.60. The topological polar surface area (TPSA) is 58.2 Å². The van der Waals surface area contributed by atoms with Gasteiger partial charge in [-0.15, -0.1) is 0 Å². The molecular formula is C18H26N2O2. The highest BCUT2D eigenvalue weighted by atomic mass is 16.2. The second-order valence-corrected chi connectivity index (χ2v) is 6.26. The third kappa shape index (κ3) is 5.17. The van der Waals surface area contributed by atoms with Crippen LogP contribution in [0.15, 0.2) is 18.2 Å². The van der Waals surface area contributed by atoms with Gasteiger partial charge in [0.05, 0.1) is 0 Å². The molecule has 0 spiro atoms. The van der Waals surface area contributed by atoms with E-state index >= 15 is 0 Å². The van der Waals surface area contributed by atoms with Crippen LogP contribution in [-0.4, -0.2) is 17.9 Å². The molecule has 1 saturated carbocycles. The standard InChI is InChI=1S/C18H26N2O2/c1-13-7-8-14(2)15(11-13)12-19-17(21)9-10-18(22)20-16-5-3-4-6-16/h7-8,11,16H,3-6,9-10,12H2,1-2H3,(H,19,21)(H,20,22). The van der Waals surface area contributed by atoms with Crippen molar-refractivity contribution in [3.63, 3.8) is 0 Å². The molecule has 0 unspecified atom stereocenters. The lowest BCUT2D eigenvalue weighted by Gasteiger charge is -2.12. The molecular weight excluding hydrogens is 276 g/mol. The van der Waals surface area contributed by atoms with Crippen LogP contribution < -0.4 is 10.6 Å². The molecule has 1 aromatic rings. The fourth-order valence-electron chi connectivity index (χ4n) is 2.87. The first-order chi connectivity index (χ1) is 10.5. The van der Waals surface area contributed by atoms with Crippen LogP contribution in [0.25, 0.3) is 0 Å². The molecule has 2 N–H and O–H groups in total. The van der Waals surface area contributed by atoms with E-state index in [0.29, 0.717) is 12.6 Å². The fourth-order valence-corrected chi connectivity index (χ4v) is 2.87. The van der Waals surface area contributed by atoms with Crippen molar-refractivity contribution in [3.05, 3.63) is 34.9 Å². The van der Waals surface area contributed by atoms with Gasteiger partial charge >= 0.3 is 0 Å². The minimum atomic E-state index is -0.0671. The van der Waals surface area contributed by atoms with E-state index in [1.807, 2.05) is 13.8 Å². The molecule has 0 radical (unpaired) electrons. The summed E-state index contributed by atoms with van der Waals surface area (Å²) in [7, 11) is 0. The van der Waals surface area contributed by atoms with E-state index in [9.17, 15) is 9.59 Å². The molecule has 1 aliphatic carbocycles. The Balaban J connectivity index is 1.69. The molecule has 1 aromatic carbocycles. The Morgan fingerprint density at radius 3 is 2.50 bits per heavy atom. The predicted molar refractivity (Wildman–Crippen MR) is 87.4 cm³/mol. The van der Waals surface area contributed by atoms with Gasteiger partial charge in [-0.05, 0) is 37.8 Å². The quantitative estimate of drug-likeness (QED) is 0.849. The molecule has 1 aliphatic rings. The average Bonchev–Trinajstić information content (AvgIpc) is 2.99. The van der Waals surface area contributed by atoms with Crippen molar-refractivity contribution in [1.29, 1.82) is 0 Å². The van der Waals surface area contributed by atoms with Crippen molar-refractivity contribution in [2.45, 2.75) is 65.0 Å². The lowest BCUT2D eigenvalue weighted by atomic mass is 10.1. The fraction of sp³-hybridized carbons (Fsp3) is 0.556. The molecule has 0 heterocycles. The van der Waals surface area contributed by atoms with Crippen LogP contribution in [0.5, 0.6) is 0 Å². The molecule has 120 valence electrons. The molecule has 0 aromatic heterocycles. The first-order valence-electron chi connectivity index (χ1n) is 8.17. The van der Waals surface area contributed by atoms with E-state index in [1.54, 1.807) is 0 Å². The van der Waals surface area contributed by atoms with Crippen molar-refractivity contribution in [1.82, 2.24) is 10.6 Å². The van der Waals surface area contributed by atoms with E-state index < -0.39 is 0 Å². The van der Waals surface area contributed by atoms with Crippen LogP contribution in [-0.2, 0) is 16.1 Å². The number of amides is 2. The molecule has 22 heavy (non-hydrogen) atoms. The summed E-state index contributed by atoms with van der Waals surface area (Å²) in [4.78, 5) is 23.6. The van der Waals surface area contributed by atoms with E-state index in [1.165, 1.54) is 24.0 Å². The van der Waals surface area contributed by atoms with Gasteiger partial charge in [0, 0.05) is 25.4 Å². The van der Waals surface area contributed by atoms with Crippen LogP contribution in [0.3, 0.4) is 0 Å². The molecule has 0 aliphatic heterocycles. The summed E-state index contributed by atoms with van der Waals surface area (Å²) in [5.41, 5.74) is 3.49. The minimum absolute atomic E-state index is 0.00575. The third-order valence-corrected chi connectivity index (χ3v) is 4.28.